The molecule has 5 heteroatoms. The Morgan fingerprint density at radius 1 is 1.38 bits per heavy atom. The number of aliphatic carboxylic acids is 1. The first kappa shape index (κ1) is 12.6. The molecule has 1 aromatic carbocycles. The van der Waals surface area contributed by atoms with Gasteiger partial charge in [0.2, 0.25) is 0 Å². The molecule has 0 unspecified atom stereocenters. The Bertz CT molecular complexity index is 403. The Kier molecular flexibility index (Phi) is 4.37. The van der Waals surface area contributed by atoms with Crippen molar-refractivity contribution in [3.05, 3.63) is 29.8 Å². The Morgan fingerprint density at radius 2 is 2.06 bits per heavy atom. The molecule has 1 rings (SSSR count). The second kappa shape index (κ2) is 5.55. The number of carboxylic acids is 2. The van der Waals surface area contributed by atoms with Gasteiger partial charge in [-0.15, -0.1) is 11.8 Å². The summed E-state index contributed by atoms with van der Waals surface area (Å²) < 4.78 is 0. The van der Waals surface area contributed by atoms with Gasteiger partial charge in [0.05, 0.1) is 5.56 Å². The van der Waals surface area contributed by atoms with Crippen molar-refractivity contribution in [2.24, 2.45) is 0 Å². The largest absolute Gasteiger partial charge is 0.480 e. The maximum absolute atomic E-state index is 10.8. The van der Waals surface area contributed by atoms with E-state index >= 15 is 0 Å². The van der Waals surface area contributed by atoms with Crippen LogP contribution in [-0.4, -0.2) is 27.4 Å². The van der Waals surface area contributed by atoms with E-state index in [1.54, 1.807) is 19.1 Å². The van der Waals surface area contributed by atoms with E-state index in [0.717, 1.165) is 0 Å². The number of rotatable bonds is 5. The minimum absolute atomic E-state index is 0.172. The fourth-order valence-corrected chi connectivity index (χ4v) is 2.12. The first-order valence-electron chi connectivity index (χ1n) is 4.77. The van der Waals surface area contributed by atoms with Crippen LogP contribution < -0.4 is 0 Å². The highest BCUT2D eigenvalue weighted by atomic mass is 32.2. The molecule has 1 atom stereocenters. The lowest BCUT2D eigenvalue weighted by molar-refractivity contribution is -0.136. The lowest BCUT2D eigenvalue weighted by Gasteiger charge is -2.09. The summed E-state index contributed by atoms with van der Waals surface area (Å²) >= 11 is 1.17. The predicted octanol–water partition coefficient (Wildman–Crippen LogP) is 2.34. The molecule has 1 aromatic rings. The van der Waals surface area contributed by atoms with Crippen LogP contribution in [0.15, 0.2) is 29.2 Å². The van der Waals surface area contributed by atoms with Crippen molar-refractivity contribution >= 4 is 23.7 Å². The summed E-state index contributed by atoms with van der Waals surface area (Å²) in [7, 11) is 0. The van der Waals surface area contributed by atoms with Crippen molar-refractivity contribution in [2.75, 3.05) is 0 Å². The fourth-order valence-electron chi connectivity index (χ4n) is 1.18. The molecule has 86 valence electrons. The van der Waals surface area contributed by atoms with Gasteiger partial charge in [-0.05, 0) is 24.6 Å². The molecule has 0 aliphatic rings. The van der Waals surface area contributed by atoms with Crippen molar-refractivity contribution in [3.8, 4) is 0 Å². The Balaban J connectivity index is 2.84. The van der Waals surface area contributed by atoms with Crippen molar-refractivity contribution in [3.63, 3.8) is 0 Å². The molecule has 0 aliphatic carbocycles. The average Bonchev–Trinajstić information content (AvgIpc) is 2.25. The molecule has 16 heavy (non-hydrogen) atoms. The predicted molar refractivity (Wildman–Crippen MR) is 61.0 cm³/mol. The molecule has 0 spiro atoms. The number of benzene rings is 1. The quantitative estimate of drug-likeness (QED) is 0.773. The number of thioether (sulfide) groups is 1. The monoisotopic (exact) mass is 240 g/mol. The molecule has 0 aromatic heterocycles. The van der Waals surface area contributed by atoms with Crippen LogP contribution in [0, 0.1) is 0 Å². The van der Waals surface area contributed by atoms with E-state index in [2.05, 4.69) is 0 Å². The molecule has 2 N–H and O–H groups in total. The van der Waals surface area contributed by atoms with Crippen molar-refractivity contribution in [2.45, 2.75) is 23.5 Å². The van der Waals surface area contributed by atoms with E-state index in [9.17, 15) is 9.59 Å². The summed E-state index contributed by atoms with van der Waals surface area (Å²) in [4.78, 5) is 22.2. The third-order valence-corrected chi connectivity index (χ3v) is 3.35. The van der Waals surface area contributed by atoms with Crippen LogP contribution in [0.4, 0.5) is 0 Å². The molecule has 0 aliphatic heterocycles. The molecule has 0 fully saturated rings. The van der Waals surface area contributed by atoms with Crippen molar-refractivity contribution < 1.29 is 19.8 Å². The van der Waals surface area contributed by atoms with Crippen LogP contribution in [0.25, 0.3) is 0 Å². The molecule has 0 radical (unpaired) electrons. The zero-order valence-corrected chi connectivity index (χ0v) is 9.53. The Hall–Kier alpha value is -1.49. The van der Waals surface area contributed by atoms with Gasteiger partial charge < -0.3 is 10.2 Å². The molecular weight excluding hydrogens is 228 g/mol. The molecule has 0 bridgehead atoms. The molecule has 0 saturated heterocycles. The highest BCUT2D eigenvalue weighted by Crippen LogP contribution is 2.26. The topological polar surface area (TPSA) is 74.6 Å². The summed E-state index contributed by atoms with van der Waals surface area (Å²) in [6.07, 6.45) is 0.497. The van der Waals surface area contributed by atoms with Gasteiger partial charge >= 0.3 is 11.9 Å². The minimum atomic E-state index is -1.01. The van der Waals surface area contributed by atoms with Crippen LogP contribution in [0.5, 0.6) is 0 Å². The van der Waals surface area contributed by atoms with Gasteiger partial charge in [-0.2, -0.15) is 0 Å². The number of carbonyl (C=O) groups is 2. The van der Waals surface area contributed by atoms with Crippen LogP contribution in [0.3, 0.4) is 0 Å². The van der Waals surface area contributed by atoms with E-state index in [0.29, 0.717) is 11.3 Å². The van der Waals surface area contributed by atoms with Gasteiger partial charge in [-0.1, -0.05) is 13.0 Å². The van der Waals surface area contributed by atoms with Gasteiger partial charge in [-0.3, -0.25) is 4.79 Å². The molecular formula is C11H12O4S. The van der Waals surface area contributed by atoms with E-state index in [1.807, 2.05) is 0 Å². The van der Waals surface area contributed by atoms with Gasteiger partial charge in [0, 0.05) is 4.90 Å². The highest BCUT2D eigenvalue weighted by Gasteiger charge is 2.16. The summed E-state index contributed by atoms with van der Waals surface area (Å²) in [6.45, 7) is 1.78. The maximum atomic E-state index is 10.8. The summed E-state index contributed by atoms with van der Waals surface area (Å²) in [5, 5.41) is 17.1. The van der Waals surface area contributed by atoms with Crippen molar-refractivity contribution in [1.82, 2.24) is 0 Å². The van der Waals surface area contributed by atoms with E-state index in [-0.39, 0.29) is 5.56 Å². The summed E-state index contributed by atoms with van der Waals surface area (Å²) in [5.41, 5.74) is 0.172. The summed E-state index contributed by atoms with van der Waals surface area (Å²) in [6, 6.07) is 6.29. The lowest BCUT2D eigenvalue weighted by atomic mass is 10.2. The third-order valence-electron chi connectivity index (χ3n) is 2.01. The number of aromatic carboxylic acids is 1. The smallest absolute Gasteiger partial charge is 0.335 e. The minimum Gasteiger partial charge on any atom is -0.480 e. The zero-order chi connectivity index (χ0) is 12.1. The average molecular weight is 240 g/mol. The first-order valence-corrected chi connectivity index (χ1v) is 5.65. The van der Waals surface area contributed by atoms with Gasteiger partial charge in [-0.25, -0.2) is 4.79 Å². The SMILES string of the molecule is CC[C@H](Sc1cccc(C(=O)O)c1)C(=O)O. The second-order valence-electron chi connectivity index (χ2n) is 3.19. The highest BCUT2D eigenvalue weighted by molar-refractivity contribution is 8.00. The van der Waals surface area contributed by atoms with Gasteiger partial charge in [0.1, 0.15) is 5.25 Å². The van der Waals surface area contributed by atoms with Crippen LogP contribution in [0.2, 0.25) is 0 Å². The van der Waals surface area contributed by atoms with E-state index in [4.69, 9.17) is 10.2 Å². The van der Waals surface area contributed by atoms with Gasteiger partial charge in [0.25, 0.3) is 0 Å². The number of carboxylic acid groups (broad SMARTS) is 2. The second-order valence-corrected chi connectivity index (χ2v) is 4.46. The Morgan fingerprint density at radius 3 is 2.56 bits per heavy atom. The van der Waals surface area contributed by atoms with E-state index in [1.165, 1.54) is 23.9 Å². The molecule has 0 saturated carbocycles. The van der Waals surface area contributed by atoms with Crippen LogP contribution in [-0.2, 0) is 4.79 Å². The first-order chi connectivity index (χ1) is 7.54. The zero-order valence-electron chi connectivity index (χ0n) is 8.71. The fraction of sp³-hybridized carbons (Fsp3) is 0.273. The van der Waals surface area contributed by atoms with Crippen LogP contribution >= 0.6 is 11.8 Å². The Labute approximate surface area is 97.3 Å². The molecule has 0 heterocycles. The lowest BCUT2D eigenvalue weighted by Crippen LogP contribution is -2.14. The standard InChI is InChI=1S/C11H12O4S/c1-2-9(11(14)15)16-8-5-3-4-7(6-8)10(12)13/h3-6,9H,2H2,1H3,(H,12,13)(H,14,15)/t9-/m0/s1. The summed E-state index contributed by atoms with van der Waals surface area (Å²) in [5.74, 6) is -1.89. The molecule has 0 amide bonds. The van der Waals surface area contributed by atoms with Crippen molar-refractivity contribution in [1.29, 1.82) is 0 Å². The normalized spacial score (nSPS) is 12.1. The maximum Gasteiger partial charge on any atom is 0.335 e. The van der Waals surface area contributed by atoms with Gasteiger partial charge in [0.15, 0.2) is 0 Å². The third kappa shape index (κ3) is 3.27. The number of hydrogen-bond acceptors (Lipinski definition) is 3. The van der Waals surface area contributed by atoms with E-state index < -0.39 is 17.2 Å². The number of hydrogen-bond donors (Lipinski definition) is 2. The van der Waals surface area contributed by atoms with Crippen LogP contribution in [0.1, 0.15) is 23.7 Å². The molecule has 4 nitrogen and oxygen atoms in total.